The molecule has 13 atom stereocenters. The van der Waals surface area contributed by atoms with E-state index in [-0.39, 0.29) is 40.5 Å². The predicted octanol–water partition coefficient (Wildman–Crippen LogP) is -0.152. The lowest BCUT2D eigenvalue weighted by atomic mass is 9.43. The lowest BCUT2D eigenvalue weighted by Crippen LogP contribution is -2.78. The number of aliphatic hydroxyl groups excluding tert-OH is 3. The van der Waals surface area contributed by atoms with Gasteiger partial charge in [0.05, 0.1) is 24.9 Å². The summed E-state index contributed by atoms with van der Waals surface area (Å²) >= 11 is 0. The van der Waals surface area contributed by atoms with Gasteiger partial charge >= 0.3 is 0 Å². The van der Waals surface area contributed by atoms with Crippen LogP contribution in [0, 0.1) is 40.4 Å². The third-order valence-electron chi connectivity index (χ3n) is 11.0. The molecule has 1 saturated heterocycles. The summed E-state index contributed by atoms with van der Waals surface area (Å²) in [6.07, 6.45) is 0.415. The maximum atomic E-state index is 12.3. The highest BCUT2D eigenvalue weighted by Gasteiger charge is 2.85. The number of hydrogen-bond acceptors (Lipinski definition) is 7. The van der Waals surface area contributed by atoms with Crippen LogP contribution in [-0.2, 0) is 9.47 Å². The summed E-state index contributed by atoms with van der Waals surface area (Å²) < 4.78 is 11.4. The molecule has 30 heavy (non-hydrogen) atoms. The third-order valence-corrected chi connectivity index (χ3v) is 11.0. The number of methoxy groups -OCH3 is 2. The standard InChI is InChI=1S/C23H37NO6/c1-4-24-9-21(10-29-2)6-5-15(25)22-12-7-11-17(26)16(12)23(28,20(27)18(11)30-3)13(19(22)24)8-14(21)22/h11-20,25-28H,4-10H2,1-3H3. The lowest BCUT2D eigenvalue weighted by molar-refractivity contribution is -0.297. The second kappa shape index (κ2) is 6.19. The Bertz CT molecular complexity index is 736. The summed E-state index contributed by atoms with van der Waals surface area (Å²) in [6.45, 7) is 4.58. The quantitative estimate of drug-likeness (QED) is 0.499. The van der Waals surface area contributed by atoms with Crippen LogP contribution in [0.25, 0.3) is 0 Å². The molecule has 0 aromatic rings. The van der Waals surface area contributed by atoms with Gasteiger partial charge in [-0.3, -0.25) is 4.90 Å². The molecule has 7 nitrogen and oxygen atoms in total. The van der Waals surface area contributed by atoms with Crippen LogP contribution in [0.15, 0.2) is 0 Å². The van der Waals surface area contributed by atoms with Gasteiger partial charge in [-0.1, -0.05) is 6.92 Å². The van der Waals surface area contributed by atoms with Crippen molar-refractivity contribution >= 4 is 0 Å². The number of aliphatic hydroxyl groups is 4. The van der Waals surface area contributed by atoms with Crippen molar-refractivity contribution in [3.8, 4) is 0 Å². The van der Waals surface area contributed by atoms with E-state index < -0.39 is 35.9 Å². The summed E-state index contributed by atoms with van der Waals surface area (Å²) in [5.74, 6) is -0.565. The molecule has 1 spiro atoms. The Kier molecular flexibility index (Phi) is 4.19. The summed E-state index contributed by atoms with van der Waals surface area (Å²) in [5.41, 5.74) is -1.79. The smallest absolute Gasteiger partial charge is 0.110 e. The highest BCUT2D eigenvalue weighted by atomic mass is 16.5. The van der Waals surface area contributed by atoms with E-state index in [1.165, 1.54) is 0 Å². The van der Waals surface area contributed by atoms with Crippen molar-refractivity contribution in [2.24, 2.45) is 40.4 Å². The average Bonchev–Trinajstić information content (AvgIpc) is 3.16. The van der Waals surface area contributed by atoms with Gasteiger partial charge in [0.1, 0.15) is 11.7 Å². The number of rotatable bonds is 4. The molecule has 6 rings (SSSR count). The lowest BCUT2D eigenvalue weighted by Gasteiger charge is -2.69. The first-order chi connectivity index (χ1) is 14.3. The van der Waals surface area contributed by atoms with Gasteiger partial charge in [0.25, 0.3) is 0 Å². The Morgan fingerprint density at radius 1 is 1.10 bits per heavy atom. The van der Waals surface area contributed by atoms with E-state index >= 15 is 0 Å². The topological polar surface area (TPSA) is 103 Å². The molecule has 5 saturated carbocycles. The summed E-state index contributed by atoms with van der Waals surface area (Å²) in [6, 6.07) is 0.0234. The third kappa shape index (κ3) is 1.88. The molecule has 7 heteroatoms. The van der Waals surface area contributed by atoms with Crippen LogP contribution in [0.2, 0.25) is 0 Å². The zero-order valence-electron chi connectivity index (χ0n) is 18.3. The second-order valence-corrected chi connectivity index (χ2v) is 11.3. The van der Waals surface area contributed by atoms with Crippen molar-refractivity contribution in [2.45, 2.75) is 68.7 Å². The Labute approximate surface area is 178 Å². The molecule has 13 unspecified atom stereocenters. The minimum Gasteiger partial charge on any atom is -0.392 e. The summed E-state index contributed by atoms with van der Waals surface area (Å²) in [7, 11) is 3.33. The van der Waals surface area contributed by atoms with E-state index in [9.17, 15) is 20.4 Å². The number of likely N-dealkylation sites (tertiary alicyclic amines) is 1. The van der Waals surface area contributed by atoms with Crippen LogP contribution in [0.1, 0.15) is 32.6 Å². The Hall–Kier alpha value is -0.280. The number of ether oxygens (including phenoxy) is 2. The maximum absolute atomic E-state index is 12.3. The zero-order valence-corrected chi connectivity index (χ0v) is 18.3. The molecule has 6 fully saturated rings. The highest BCUT2D eigenvalue weighted by molar-refractivity contribution is 5.34. The Balaban J connectivity index is 1.59. The van der Waals surface area contributed by atoms with Crippen LogP contribution in [0.4, 0.5) is 0 Å². The molecule has 0 radical (unpaired) electrons. The van der Waals surface area contributed by atoms with Gasteiger partial charge in [0.15, 0.2) is 0 Å². The van der Waals surface area contributed by atoms with E-state index in [0.717, 1.165) is 32.4 Å². The molecular formula is C23H37NO6. The molecule has 0 aromatic carbocycles. The van der Waals surface area contributed by atoms with Gasteiger partial charge in [-0.05, 0) is 44.1 Å². The van der Waals surface area contributed by atoms with Crippen molar-refractivity contribution in [1.29, 1.82) is 0 Å². The largest absolute Gasteiger partial charge is 0.392 e. The molecule has 1 heterocycles. The molecule has 0 aromatic heterocycles. The highest BCUT2D eigenvalue weighted by Crippen LogP contribution is 2.78. The van der Waals surface area contributed by atoms with Gasteiger partial charge in [-0.25, -0.2) is 0 Å². The first kappa shape index (κ1) is 20.3. The average molecular weight is 424 g/mol. The minimum atomic E-state index is -1.39. The monoisotopic (exact) mass is 423 g/mol. The first-order valence-corrected chi connectivity index (χ1v) is 11.8. The van der Waals surface area contributed by atoms with Crippen molar-refractivity contribution in [3.05, 3.63) is 0 Å². The van der Waals surface area contributed by atoms with E-state index in [4.69, 9.17) is 9.47 Å². The van der Waals surface area contributed by atoms with Crippen LogP contribution in [-0.4, -0.2) is 95.3 Å². The summed E-state index contributed by atoms with van der Waals surface area (Å²) in [5, 5.41) is 46.7. The van der Waals surface area contributed by atoms with Crippen LogP contribution in [0.5, 0.6) is 0 Å². The van der Waals surface area contributed by atoms with E-state index in [2.05, 4.69) is 11.8 Å². The van der Waals surface area contributed by atoms with Crippen molar-refractivity contribution in [1.82, 2.24) is 4.90 Å². The van der Waals surface area contributed by atoms with Gasteiger partial charge in [0, 0.05) is 55.4 Å². The molecule has 7 bridgehead atoms. The Morgan fingerprint density at radius 2 is 1.87 bits per heavy atom. The molecule has 6 aliphatic rings. The maximum Gasteiger partial charge on any atom is 0.110 e. The zero-order chi connectivity index (χ0) is 21.2. The first-order valence-electron chi connectivity index (χ1n) is 11.8. The fraction of sp³-hybridized carbons (Fsp3) is 1.00. The molecule has 0 amide bonds. The van der Waals surface area contributed by atoms with E-state index in [0.29, 0.717) is 13.0 Å². The van der Waals surface area contributed by atoms with Gasteiger partial charge in [-0.2, -0.15) is 0 Å². The SMILES string of the molecule is CCN1CC2(COC)CCC(O)C34C5CC6C(O)C5C(O)(C(O)C6OC)C(CC23)C14. The van der Waals surface area contributed by atoms with Gasteiger partial charge in [0.2, 0.25) is 0 Å². The van der Waals surface area contributed by atoms with Crippen molar-refractivity contribution in [2.75, 3.05) is 33.9 Å². The fourth-order valence-electron chi connectivity index (χ4n) is 10.4. The second-order valence-electron chi connectivity index (χ2n) is 11.3. The minimum absolute atomic E-state index is 0.0214. The number of fused-ring (bicyclic) bond motifs is 2. The molecule has 1 aliphatic heterocycles. The molecular weight excluding hydrogens is 386 g/mol. The number of piperidine rings is 1. The van der Waals surface area contributed by atoms with Crippen LogP contribution in [0.3, 0.4) is 0 Å². The van der Waals surface area contributed by atoms with E-state index in [1.807, 2.05) is 0 Å². The van der Waals surface area contributed by atoms with Crippen molar-refractivity contribution in [3.63, 3.8) is 0 Å². The van der Waals surface area contributed by atoms with Crippen molar-refractivity contribution < 1.29 is 29.9 Å². The summed E-state index contributed by atoms with van der Waals surface area (Å²) in [4.78, 5) is 2.47. The van der Waals surface area contributed by atoms with E-state index in [1.54, 1.807) is 14.2 Å². The molecule has 170 valence electrons. The van der Waals surface area contributed by atoms with Crippen LogP contribution >= 0.6 is 0 Å². The Morgan fingerprint density at radius 3 is 2.53 bits per heavy atom. The number of nitrogens with zero attached hydrogens (tertiary/aromatic N) is 1. The molecule has 5 aliphatic carbocycles. The fourth-order valence-corrected chi connectivity index (χ4v) is 10.4. The normalized spacial score (nSPS) is 63.3. The molecule has 4 N–H and O–H groups in total. The van der Waals surface area contributed by atoms with Gasteiger partial charge < -0.3 is 29.9 Å². The van der Waals surface area contributed by atoms with Gasteiger partial charge in [-0.15, -0.1) is 0 Å². The predicted molar refractivity (Wildman–Crippen MR) is 107 cm³/mol. The number of hydrogen-bond donors (Lipinski definition) is 4. The van der Waals surface area contributed by atoms with Crippen LogP contribution < -0.4 is 0 Å².